The molecule has 0 atom stereocenters. The van der Waals surface area contributed by atoms with Crippen molar-refractivity contribution in [3.63, 3.8) is 0 Å². The number of benzene rings is 2. The Kier molecular flexibility index (Phi) is 6.64. The third-order valence-electron chi connectivity index (χ3n) is 3.68. The first kappa shape index (κ1) is 18.3. The van der Waals surface area contributed by atoms with Crippen molar-refractivity contribution in [1.82, 2.24) is 4.90 Å². The Hall–Kier alpha value is -2.04. The van der Waals surface area contributed by atoms with Crippen LogP contribution < -0.4 is 9.47 Å². The third kappa shape index (κ3) is 4.73. The summed E-state index contributed by atoms with van der Waals surface area (Å²) in [6.07, 6.45) is 3.78. The molecule has 0 N–H and O–H groups in total. The molecule has 2 aromatic rings. The van der Waals surface area contributed by atoms with E-state index in [0.29, 0.717) is 18.8 Å². The molecule has 24 heavy (non-hydrogen) atoms. The second-order valence-corrected chi connectivity index (χ2v) is 5.60. The predicted molar refractivity (Wildman–Crippen MR) is 96.4 cm³/mol. The van der Waals surface area contributed by atoms with E-state index in [-0.39, 0.29) is 18.2 Å². The summed E-state index contributed by atoms with van der Waals surface area (Å²) < 4.78 is 24.7. The van der Waals surface area contributed by atoms with E-state index in [1.54, 1.807) is 12.1 Å². The molecule has 0 amide bonds. The van der Waals surface area contributed by atoms with Crippen LogP contribution in [-0.2, 0) is 6.54 Å². The van der Waals surface area contributed by atoms with E-state index in [2.05, 4.69) is 4.90 Å². The molecule has 0 aliphatic carbocycles. The summed E-state index contributed by atoms with van der Waals surface area (Å²) in [6, 6.07) is 12.8. The molecule has 1 heterocycles. The molecular weight excluding hydrogens is 329 g/mol. The van der Waals surface area contributed by atoms with Gasteiger partial charge in [0, 0.05) is 18.7 Å². The lowest BCUT2D eigenvalue weighted by Crippen LogP contribution is -2.19. The number of halogens is 2. The predicted octanol–water partition coefficient (Wildman–Crippen LogP) is 4.16. The van der Waals surface area contributed by atoms with Crippen LogP contribution in [0.1, 0.15) is 11.1 Å². The SMILES string of the molecule is CN(C/C=C/c1ccccc1F)Cc1ccc2c(c1)OCCO2.Cl. The zero-order chi connectivity index (χ0) is 16.1. The van der Waals surface area contributed by atoms with Gasteiger partial charge < -0.3 is 9.47 Å². The molecule has 5 heteroatoms. The zero-order valence-electron chi connectivity index (χ0n) is 13.6. The summed E-state index contributed by atoms with van der Waals surface area (Å²) in [5, 5.41) is 0. The van der Waals surface area contributed by atoms with Gasteiger partial charge >= 0.3 is 0 Å². The van der Waals surface area contributed by atoms with Crippen LogP contribution in [0, 0.1) is 5.82 Å². The fourth-order valence-electron chi connectivity index (χ4n) is 2.53. The molecule has 1 aliphatic heterocycles. The Morgan fingerprint density at radius 1 is 1.08 bits per heavy atom. The maximum absolute atomic E-state index is 13.5. The maximum Gasteiger partial charge on any atom is 0.161 e. The van der Waals surface area contributed by atoms with Gasteiger partial charge in [0.2, 0.25) is 0 Å². The zero-order valence-corrected chi connectivity index (χ0v) is 14.4. The molecule has 3 nitrogen and oxygen atoms in total. The number of rotatable bonds is 5. The Labute approximate surface area is 148 Å². The van der Waals surface area contributed by atoms with Gasteiger partial charge in [0.15, 0.2) is 11.5 Å². The van der Waals surface area contributed by atoms with E-state index >= 15 is 0 Å². The molecule has 0 saturated heterocycles. The first-order valence-corrected chi connectivity index (χ1v) is 7.70. The number of hydrogen-bond acceptors (Lipinski definition) is 3. The van der Waals surface area contributed by atoms with Gasteiger partial charge in [-0.3, -0.25) is 4.90 Å². The number of nitrogens with zero attached hydrogens (tertiary/aromatic N) is 1. The highest BCUT2D eigenvalue weighted by atomic mass is 35.5. The molecule has 3 rings (SSSR count). The summed E-state index contributed by atoms with van der Waals surface area (Å²) in [7, 11) is 2.03. The van der Waals surface area contributed by atoms with Crippen molar-refractivity contribution in [2.24, 2.45) is 0 Å². The van der Waals surface area contributed by atoms with Gasteiger partial charge in [-0.1, -0.05) is 36.4 Å². The first-order chi connectivity index (χ1) is 11.2. The molecule has 0 radical (unpaired) electrons. The van der Waals surface area contributed by atoms with Crippen molar-refractivity contribution in [3.8, 4) is 11.5 Å². The molecule has 0 unspecified atom stereocenters. The Bertz CT molecular complexity index is 706. The minimum Gasteiger partial charge on any atom is -0.486 e. The fraction of sp³-hybridized carbons (Fsp3) is 0.263. The molecule has 128 valence electrons. The number of likely N-dealkylation sites (N-methyl/N-ethyl adjacent to an activating group) is 1. The van der Waals surface area contributed by atoms with E-state index in [9.17, 15) is 4.39 Å². The fourth-order valence-corrected chi connectivity index (χ4v) is 2.53. The second-order valence-electron chi connectivity index (χ2n) is 5.60. The summed E-state index contributed by atoms with van der Waals surface area (Å²) in [5.41, 5.74) is 1.77. The van der Waals surface area contributed by atoms with Gasteiger partial charge in [-0.2, -0.15) is 0 Å². The number of ether oxygens (including phenoxy) is 2. The molecule has 1 aliphatic rings. The Morgan fingerprint density at radius 2 is 1.83 bits per heavy atom. The van der Waals surface area contributed by atoms with Crippen LogP contribution >= 0.6 is 12.4 Å². The smallest absolute Gasteiger partial charge is 0.161 e. The lowest BCUT2D eigenvalue weighted by atomic mass is 10.1. The lowest BCUT2D eigenvalue weighted by molar-refractivity contribution is 0.171. The van der Waals surface area contributed by atoms with Gasteiger partial charge in [0.1, 0.15) is 19.0 Å². The first-order valence-electron chi connectivity index (χ1n) is 7.70. The van der Waals surface area contributed by atoms with E-state index in [1.165, 1.54) is 6.07 Å². The van der Waals surface area contributed by atoms with E-state index in [4.69, 9.17) is 9.47 Å². The van der Waals surface area contributed by atoms with Crippen LogP contribution in [0.5, 0.6) is 11.5 Å². The van der Waals surface area contributed by atoms with E-state index < -0.39 is 0 Å². The summed E-state index contributed by atoms with van der Waals surface area (Å²) >= 11 is 0. The molecule has 0 saturated carbocycles. The lowest BCUT2D eigenvalue weighted by Gasteiger charge is -2.20. The maximum atomic E-state index is 13.5. The minimum atomic E-state index is -0.196. The molecular formula is C19H21ClFNO2. The normalized spacial score (nSPS) is 13.1. The molecule has 0 aromatic heterocycles. The molecule has 2 aromatic carbocycles. The minimum absolute atomic E-state index is 0. The number of hydrogen-bond donors (Lipinski definition) is 0. The monoisotopic (exact) mass is 349 g/mol. The highest BCUT2D eigenvalue weighted by Gasteiger charge is 2.12. The van der Waals surface area contributed by atoms with Gasteiger partial charge in [-0.25, -0.2) is 4.39 Å². The van der Waals surface area contributed by atoms with Crippen LogP contribution in [0.3, 0.4) is 0 Å². The second kappa shape index (κ2) is 8.71. The summed E-state index contributed by atoms with van der Waals surface area (Å²) in [5.74, 6) is 1.42. The molecule has 0 fully saturated rings. The van der Waals surface area contributed by atoms with Crippen molar-refractivity contribution in [2.75, 3.05) is 26.8 Å². The van der Waals surface area contributed by atoms with Crippen molar-refractivity contribution >= 4 is 18.5 Å². The summed E-state index contributed by atoms with van der Waals surface area (Å²) in [4.78, 5) is 2.16. The highest BCUT2D eigenvalue weighted by Crippen LogP contribution is 2.30. The van der Waals surface area contributed by atoms with Crippen LogP contribution in [0.4, 0.5) is 4.39 Å². The van der Waals surface area contributed by atoms with Gasteiger partial charge in [0.25, 0.3) is 0 Å². The van der Waals surface area contributed by atoms with Crippen LogP contribution in [0.15, 0.2) is 48.5 Å². The largest absolute Gasteiger partial charge is 0.486 e. The van der Waals surface area contributed by atoms with Gasteiger partial charge in [0.05, 0.1) is 0 Å². The van der Waals surface area contributed by atoms with Crippen molar-refractivity contribution in [1.29, 1.82) is 0 Å². The van der Waals surface area contributed by atoms with Crippen molar-refractivity contribution < 1.29 is 13.9 Å². The third-order valence-corrected chi connectivity index (χ3v) is 3.68. The van der Waals surface area contributed by atoms with Crippen molar-refractivity contribution in [2.45, 2.75) is 6.54 Å². The van der Waals surface area contributed by atoms with Gasteiger partial charge in [-0.15, -0.1) is 12.4 Å². The molecule has 0 bridgehead atoms. The quantitative estimate of drug-likeness (QED) is 0.809. The topological polar surface area (TPSA) is 21.7 Å². The van der Waals surface area contributed by atoms with Crippen LogP contribution in [0.2, 0.25) is 0 Å². The van der Waals surface area contributed by atoms with Gasteiger partial charge in [-0.05, 0) is 30.8 Å². The van der Waals surface area contributed by atoms with Crippen molar-refractivity contribution in [3.05, 3.63) is 65.5 Å². The number of fused-ring (bicyclic) bond motifs is 1. The molecule has 0 spiro atoms. The van der Waals surface area contributed by atoms with E-state index in [0.717, 1.165) is 30.2 Å². The van der Waals surface area contributed by atoms with E-state index in [1.807, 2.05) is 43.5 Å². The Morgan fingerprint density at radius 3 is 2.62 bits per heavy atom. The highest BCUT2D eigenvalue weighted by molar-refractivity contribution is 5.85. The van der Waals surface area contributed by atoms with Crippen LogP contribution in [0.25, 0.3) is 6.08 Å². The average molecular weight is 350 g/mol. The standard InChI is InChI=1S/C19H20FNO2.ClH/c1-21(10-4-6-16-5-2-3-7-17(16)20)14-15-8-9-18-19(13-15)23-12-11-22-18;/h2-9,13H,10-12,14H2,1H3;1H/b6-4+;. The summed E-state index contributed by atoms with van der Waals surface area (Å²) in [6.45, 7) is 2.73. The van der Waals surface area contributed by atoms with Crippen LogP contribution in [-0.4, -0.2) is 31.7 Å². The Balaban J connectivity index is 0.00000208. The average Bonchev–Trinajstić information content (AvgIpc) is 2.56.